The molecule has 2 bridgehead atoms. The number of rotatable bonds is 17. The van der Waals surface area contributed by atoms with Gasteiger partial charge < -0.3 is 34.9 Å². The van der Waals surface area contributed by atoms with E-state index in [0.717, 1.165) is 69.3 Å². The quantitative estimate of drug-likeness (QED) is 0.163. The van der Waals surface area contributed by atoms with Gasteiger partial charge in [0.25, 0.3) is 0 Å². The van der Waals surface area contributed by atoms with Crippen LogP contribution in [0.5, 0.6) is 6.01 Å². The van der Waals surface area contributed by atoms with E-state index in [9.17, 15) is 10.4 Å². The fourth-order valence-electron chi connectivity index (χ4n) is 9.70. The number of β-amino-alcohol motifs (C(OH)–C–C–N with tert-alkyl or cyclic N) is 1. The number of halogens is 2. The van der Waals surface area contributed by atoms with Gasteiger partial charge >= 0.3 is 6.01 Å². The summed E-state index contributed by atoms with van der Waals surface area (Å²) >= 11 is 1.22. The summed E-state index contributed by atoms with van der Waals surface area (Å²) in [6, 6.07) is 2.86. The number of nitrogens with two attached hydrogens (primary N) is 1. The molecule has 0 amide bonds. The summed E-state index contributed by atoms with van der Waals surface area (Å²) in [5.41, 5.74) is 10.2. The van der Waals surface area contributed by atoms with Crippen molar-refractivity contribution in [2.24, 2.45) is 11.1 Å². The number of anilines is 1. The van der Waals surface area contributed by atoms with Crippen molar-refractivity contribution in [2.45, 2.75) is 117 Å². The number of allylic oxidation sites excluding steroid dienone is 6. The lowest BCUT2D eigenvalue weighted by Gasteiger charge is -2.42. The summed E-state index contributed by atoms with van der Waals surface area (Å²) in [4.78, 5) is 17.4. The zero-order valence-electron chi connectivity index (χ0n) is 35.8. The van der Waals surface area contributed by atoms with Gasteiger partial charge in [-0.3, -0.25) is 4.90 Å². The van der Waals surface area contributed by atoms with Crippen LogP contribution in [0, 0.1) is 22.6 Å². The highest BCUT2D eigenvalue weighted by molar-refractivity contribution is 8.03. The number of likely N-dealkylation sites (tertiary alicyclic amines) is 1. The van der Waals surface area contributed by atoms with Crippen molar-refractivity contribution in [1.82, 2.24) is 19.8 Å². The van der Waals surface area contributed by atoms with Crippen molar-refractivity contribution in [3.05, 3.63) is 61.7 Å². The fraction of sp³-hybridized carbons (Fsp3) is 0.622. The van der Waals surface area contributed by atoms with Gasteiger partial charge in [-0.05, 0) is 83.0 Å². The smallest absolute Gasteiger partial charge is 0.319 e. The second-order valence-electron chi connectivity index (χ2n) is 17.3. The number of aliphatic hydroxyl groups is 1. The number of piperazine rings is 1. The number of hydrogen-bond donors (Lipinski definition) is 2. The molecule has 59 heavy (non-hydrogen) atoms. The van der Waals surface area contributed by atoms with Crippen LogP contribution in [0.4, 0.5) is 14.6 Å². The minimum absolute atomic E-state index is 0.0828. The Morgan fingerprint density at radius 2 is 1.92 bits per heavy atom. The molecule has 1 saturated carbocycles. The number of fused-ring (bicyclic) bond motifs is 5. The SMILES string of the molecule is C/C=C(/F)C1=C(C(=C(C)CC)c2c3c(c4c(N5C6CCC5CN(CC(C)O)C6)nc(OCC5(CN(C)C(CCC)COC)CC5)nc4c2F)COC3)C(C#N)=C(N)CS1. The van der Waals surface area contributed by atoms with E-state index in [1.807, 2.05) is 20.8 Å². The third kappa shape index (κ3) is 8.53. The number of likely N-dealkylation sites (N-methyl/N-ethyl adjacent to an activating group) is 1. The Morgan fingerprint density at radius 1 is 1.20 bits per heavy atom. The predicted molar refractivity (Wildman–Crippen MR) is 230 cm³/mol. The number of hydrogen-bond acceptors (Lipinski definition) is 12. The van der Waals surface area contributed by atoms with E-state index in [1.165, 1.54) is 17.8 Å². The second-order valence-corrected chi connectivity index (χ2v) is 18.3. The predicted octanol–water partition coefficient (Wildman–Crippen LogP) is 7.53. The average Bonchev–Trinajstić information content (AvgIpc) is 3.70. The van der Waals surface area contributed by atoms with Gasteiger partial charge in [0.05, 0.1) is 48.4 Å². The average molecular weight is 834 g/mol. The number of benzene rings is 1. The van der Waals surface area contributed by atoms with E-state index in [-0.39, 0.29) is 64.0 Å². The zero-order chi connectivity index (χ0) is 42.2. The van der Waals surface area contributed by atoms with E-state index < -0.39 is 17.7 Å². The highest BCUT2D eigenvalue weighted by atomic mass is 32.2. The molecule has 3 fully saturated rings. The molecule has 2 saturated heterocycles. The van der Waals surface area contributed by atoms with E-state index >= 15 is 8.78 Å². The van der Waals surface area contributed by atoms with Crippen LogP contribution in [0.15, 0.2) is 39.2 Å². The van der Waals surface area contributed by atoms with Gasteiger partial charge in [0.2, 0.25) is 0 Å². The number of nitrogens with zero attached hydrogens (tertiary/aromatic N) is 6. The molecular weight excluding hydrogens is 773 g/mol. The van der Waals surface area contributed by atoms with E-state index in [1.54, 1.807) is 14.0 Å². The number of aliphatic hydroxyl groups excluding tert-OH is 1. The lowest BCUT2D eigenvalue weighted by atomic mass is 9.82. The Labute approximate surface area is 352 Å². The first-order valence-electron chi connectivity index (χ1n) is 21.3. The highest BCUT2D eigenvalue weighted by Gasteiger charge is 2.46. The Balaban J connectivity index is 1.40. The summed E-state index contributed by atoms with van der Waals surface area (Å²) in [7, 11) is 3.89. The third-order valence-electron chi connectivity index (χ3n) is 12.9. The molecule has 7 rings (SSSR count). The number of aromatic nitrogens is 2. The van der Waals surface area contributed by atoms with Crippen LogP contribution in [-0.4, -0.2) is 108 Å². The molecule has 0 spiro atoms. The normalized spacial score (nSPS) is 23.2. The number of thioether (sulfide) groups is 1. The number of methoxy groups -OCH3 is 1. The second kappa shape index (κ2) is 18.2. The largest absolute Gasteiger partial charge is 0.463 e. The third-order valence-corrected chi connectivity index (χ3v) is 14.1. The van der Waals surface area contributed by atoms with Crippen LogP contribution in [0.1, 0.15) is 96.3 Å². The molecular formula is C45H61F2N7O4S. The van der Waals surface area contributed by atoms with Crippen molar-refractivity contribution in [1.29, 1.82) is 5.26 Å². The molecule has 11 nitrogen and oxygen atoms in total. The van der Waals surface area contributed by atoms with Crippen molar-refractivity contribution in [3.63, 3.8) is 0 Å². The molecule has 0 radical (unpaired) electrons. The molecule has 2 aromatic rings. The lowest BCUT2D eigenvalue weighted by molar-refractivity contribution is 0.0769. The molecule has 1 aromatic carbocycles. The highest BCUT2D eigenvalue weighted by Crippen LogP contribution is 2.51. The fourth-order valence-corrected chi connectivity index (χ4v) is 10.8. The van der Waals surface area contributed by atoms with Crippen LogP contribution >= 0.6 is 11.8 Å². The molecule has 5 aliphatic rings. The first-order chi connectivity index (χ1) is 28.4. The molecule has 4 aliphatic heterocycles. The first kappa shape index (κ1) is 43.5. The Hall–Kier alpha value is -3.58. The molecule has 3 N–H and O–H groups in total. The van der Waals surface area contributed by atoms with Gasteiger partial charge in [-0.25, -0.2) is 8.78 Å². The molecule has 5 heterocycles. The number of ether oxygens (including phenoxy) is 3. The van der Waals surface area contributed by atoms with Crippen LogP contribution < -0.4 is 15.4 Å². The van der Waals surface area contributed by atoms with Crippen LogP contribution in [0.25, 0.3) is 16.5 Å². The van der Waals surface area contributed by atoms with Crippen LogP contribution in [0.2, 0.25) is 0 Å². The first-order valence-corrected chi connectivity index (χ1v) is 22.3. The molecule has 1 aliphatic carbocycles. The molecule has 14 heteroatoms. The van der Waals surface area contributed by atoms with E-state index in [2.05, 4.69) is 34.7 Å². The summed E-state index contributed by atoms with van der Waals surface area (Å²) in [6.45, 7) is 13.8. The maximum Gasteiger partial charge on any atom is 0.319 e. The maximum atomic E-state index is 18.2. The van der Waals surface area contributed by atoms with Gasteiger partial charge in [0, 0.05) is 79.4 Å². The summed E-state index contributed by atoms with van der Waals surface area (Å²) in [6.07, 6.45) is 7.42. The minimum Gasteiger partial charge on any atom is -0.463 e. The molecule has 320 valence electrons. The van der Waals surface area contributed by atoms with E-state index in [4.69, 9.17) is 29.9 Å². The minimum atomic E-state index is -0.581. The Kier molecular flexibility index (Phi) is 13.4. The molecule has 4 unspecified atom stereocenters. The van der Waals surface area contributed by atoms with Crippen LogP contribution in [0.3, 0.4) is 0 Å². The van der Waals surface area contributed by atoms with Crippen molar-refractivity contribution in [2.75, 3.05) is 64.2 Å². The topological polar surface area (TPSA) is 133 Å². The lowest BCUT2D eigenvalue weighted by Crippen LogP contribution is -2.55. The number of nitriles is 1. The van der Waals surface area contributed by atoms with Gasteiger partial charge in [-0.2, -0.15) is 15.2 Å². The van der Waals surface area contributed by atoms with Crippen LogP contribution in [-0.2, 0) is 22.7 Å². The van der Waals surface area contributed by atoms with E-state index in [0.29, 0.717) is 65.8 Å². The standard InChI is InChI=1S/C45H61F2N7O4S/c1-8-11-30(20-56-7)52(6)24-45(14-15-45)25-58-44-50-41-39(43(51-44)54-28-12-13-29(54)19-53(18-28)17-27(5)55)33-22-57-21-32(33)37(40(41)47)36(26(4)9-2)38-31(16-48)35(49)23-59-42(38)34(46)10-3/h10,27-30,55H,8-9,11-15,17-25,49H2,1-7H3/b34-10+,36-26?. The zero-order valence-corrected chi connectivity index (χ0v) is 36.6. The Morgan fingerprint density at radius 3 is 2.53 bits per heavy atom. The summed E-state index contributed by atoms with van der Waals surface area (Å²) < 4.78 is 52.4. The monoisotopic (exact) mass is 833 g/mol. The van der Waals surface area contributed by atoms with Crippen molar-refractivity contribution >= 4 is 34.1 Å². The summed E-state index contributed by atoms with van der Waals surface area (Å²) in [5.74, 6) is -0.188. The Bertz CT molecular complexity index is 2090. The van der Waals surface area contributed by atoms with Crippen molar-refractivity contribution < 1.29 is 28.1 Å². The van der Waals surface area contributed by atoms with Gasteiger partial charge in [0.1, 0.15) is 23.2 Å². The molecule has 4 atom stereocenters. The summed E-state index contributed by atoms with van der Waals surface area (Å²) in [5, 5.41) is 21.4. The van der Waals surface area contributed by atoms with Gasteiger partial charge in [0.15, 0.2) is 5.82 Å². The van der Waals surface area contributed by atoms with Gasteiger partial charge in [-0.1, -0.05) is 31.9 Å². The molecule has 1 aromatic heterocycles. The van der Waals surface area contributed by atoms with Gasteiger partial charge in [-0.15, -0.1) is 11.8 Å². The van der Waals surface area contributed by atoms with Crippen molar-refractivity contribution in [3.8, 4) is 12.1 Å². The maximum absolute atomic E-state index is 18.2.